The number of rotatable bonds is 8. The SMILES string of the molecule is CCn1c2ccccc2c2cc(NC(=O)CCCN(c3ccccc3C)S(C)(=O)=O)ccc21. The van der Waals surface area contributed by atoms with Crippen molar-refractivity contribution in [3.8, 4) is 0 Å². The topological polar surface area (TPSA) is 71.4 Å². The number of para-hydroxylation sites is 2. The maximum atomic E-state index is 12.6. The number of nitrogens with zero attached hydrogens (tertiary/aromatic N) is 2. The van der Waals surface area contributed by atoms with Crippen LogP contribution >= 0.6 is 0 Å². The zero-order chi connectivity index (χ0) is 23.6. The molecule has 0 aliphatic rings. The molecule has 0 unspecified atom stereocenters. The highest BCUT2D eigenvalue weighted by atomic mass is 32.2. The van der Waals surface area contributed by atoms with E-state index in [-0.39, 0.29) is 18.9 Å². The van der Waals surface area contributed by atoms with E-state index >= 15 is 0 Å². The average Bonchev–Trinajstić information content (AvgIpc) is 3.10. The fourth-order valence-corrected chi connectivity index (χ4v) is 5.41. The fourth-order valence-electron chi connectivity index (χ4n) is 4.39. The summed E-state index contributed by atoms with van der Waals surface area (Å²) in [5, 5.41) is 5.24. The minimum absolute atomic E-state index is 0.133. The van der Waals surface area contributed by atoms with Gasteiger partial charge >= 0.3 is 0 Å². The number of hydrogen-bond donors (Lipinski definition) is 1. The maximum absolute atomic E-state index is 12.6. The molecule has 1 heterocycles. The first-order valence-electron chi connectivity index (χ1n) is 11.1. The van der Waals surface area contributed by atoms with E-state index < -0.39 is 10.0 Å². The second-order valence-corrected chi connectivity index (χ2v) is 10.2. The number of carbonyl (C=O) groups is 1. The average molecular weight is 464 g/mol. The van der Waals surface area contributed by atoms with E-state index in [0.717, 1.165) is 34.1 Å². The van der Waals surface area contributed by atoms with Crippen LogP contribution in [-0.2, 0) is 21.4 Å². The van der Waals surface area contributed by atoms with E-state index in [4.69, 9.17) is 0 Å². The third kappa shape index (κ3) is 4.73. The van der Waals surface area contributed by atoms with Gasteiger partial charge < -0.3 is 9.88 Å². The standard InChI is InChI=1S/C26H29N3O3S/c1-4-28-24-13-8-6-11-21(24)22-18-20(15-16-25(22)28)27-26(30)14-9-17-29(33(3,31)32)23-12-7-5-10-19(23)2/h5-8,10-13,15-16,18H,4,9,14,17H2,1-3H3,(H,27,30). The van der Waals surface area contributed by atoms with Crippen molar-refractivity contribution in [3.05, 3.63) is 72.3 Å². The van der Waals surface area contributed by atoms with Gasteiger partial charge in [-0.1, -0.05) is 36.4 Å². The monoisotopic (exact) mass is 463 g/mol. The number of benzene rings is 3. The molecule has 4 aromatic rings. The number of aryl methyl sites for hydroxylation is 2. The molecule has 7 heteroatoms. The Kier molecular flexibility index (Phi) is 6.42. The second kappa shape index (κ2) is 9.27. The van der Waals surface area contributed by atoms with Crippen LogP contribution in [0.4, 0.5) is 11.4 Å². The molecule has 6 nitrogen and oxygen atoms in total. The molecule has 0 bridgehead atoms. The number of sulfonamides is 1. The summed E-state index contributed by atoms with van der Waals surface area (Å²) in [5.41, 5.74) is 4.59. The summed E-state index contributed by atoms with van der Waals surface area (Å²) in [7, 11) is -3.44. The van der Waals surface area contributed by atoms with Crippen LogP contribution in [0.5, 0.6) is 0 Å². The molecular weight excluding hydrogens is 434 g/mol. The van der Waals surface area contributed by atoms with E-state index in [1.54, 1.807) is 6.07 Å². The summed E-state index contributed by atoms with van der Waals surface area (Å²) in [6.45, 7) is 5.12. The highest BCUT2D eigenvalue weighted by Gasteiger charge is 2.19. The van der Waals surface area contributed by atoms with Gasteiger partial charge in [-0.15, -0.1) is 0 Å². The largest absolute Gasteiger partial charge is 0.341 e. The van der Waals surface area contributed by atoms with Crippen molar-refractivity contribution in [1.82, 2.24) is 4.57 Å². The Morgan fingerprint density at radius 1 is 0.970 bits per heavy atom. The van der Waals surface area contributed by atoms with Crippen molar-refractivity contribution < 1.29 is 13.2 Å². The summed E-state index contributed by atoms with van der Waals surface area (Å²) < 4.78 is 28.3. The van der Waals surface area contributed by atoms with Crippen molar-refractivity contribution in [3.63, 3.8) is 0 Å². The molecule has 0 spiro atoms. The van der Waals surface area contributed by atoms with Gasteiger partial charge in [0.25, 0.3) is 0 Å². The first-order chi connectivity index (χ1) is 15.8. The lowest BCUT2D eigenvalue weighted by atomic mass is 10.1. The lowest BCUT2D eigenvalue weighted by Crippen LogP contribution is -2.32. The van der Waals surface area contributed by atoms with Crippen LogP contribution in [-0.4, -0.2) is 31.7 Å². The molecule has 1 N–H and O–H groups in total. The van der Waals surface area contributed by atoms with Gasteiger partial charge in [-0.2, -0.15) is 0 Å². The molecule has 33 heavy (non-hydrogen) atoms. The minimum atomic E-state index is -3.44. The van der Waals surface area contributed by atoms with E-state index in [1.165, 1.54) is 16.1 Å². The van der Waals surface area contributed by atoms with Gasteiger partial charge in [-0.25, -0.2) is 8.42 Å². The number of nitrogens with one attached hydrogen (secondary N) is 1. The molecular formula is C26H29N3O3S. The lowest BCUT2D eigenvalue weighted by Gasteiger charge is -2.24. The van der Waals surface area contributed by atoms with Gasteiger partial charge in [0.05, 0.1) is 11.9 Å². The van der Waals surface area contributed by atoms with Crippen molar-refractivity contribution in [1.29, 1.82) is 0 Å². The number of carbonyl (C=O) groups excluding carboxylic acids is 1. The molecule has 4 rings (SSSR count). The molecule has 0 aliphatic heterocycles. The Bertz CT molecular complexity index is 1420. The van der Waals surface area contributed by atoms with Crippen LogP contribution in [0.3, 0.4) is 0 Å². The Morgan fingerprint density at radius 3 is 2.39 bits per heavy atom. The molecule has 3 aromatic carbocycles. The van der Waals surface area contributed by atoms with Gasteiger partial charge in [0.1, 0.15) is 0 Å². The van der Waals surface area contributed by atoms with Crippen molar-refractivity contribution in [2.45, 2.75) is 33.2 Å². The molecule has 1 amide bonds. The summed E-state index contributed by atoms with van der Waals surface area (Å²) in [6, 6.07) is 21.6. The molecule has 0 aliphatic carbocycles. The molecule has 172 valence electrons. The zero-order valence-corrected chi connectivity index (χ0v) is 20.0. The van der Waals surface area contributed by atoms with Crippen LogP contribution in [0.1, 0.15) is 25.3 Å². The predicted molar refractivity (Wildman–Crippen MR) is 136 cm³/mol. The van der Waals surface area contributed by atoms with Gasteiger partial charge in [0.2, 0.25) is 15.9 Å². The number of anilines is 2. The smallest absolute Gasteiger partial charge is 0.232 e. The second-order valence-electron chi connectivity index (χ2n) is 8.27. The number of amides is 1. The van der Waals surface area contributed by atoms with Crippen LogP contribution < -0.4 is 9.62 Å². The molecule has 0 atom stereocenters. The van der Waals surface area contributed by atoms with Gasteiger partial charge in [-0.05, 0) is 56.2 Å². The van der Waals surface area contributed by atoms with E-state index in [2.05, 4.69) is 28.9 Å². The Balaban J connectivity index is 1.46. The molecule has 0 saturated carbocycles. The summed E-state index contributed by atoms with van der Waals surface area (Å²) in [5.74, 6) is -0.133. The van der Waals surface area contributed by atoms with E-state index in [0.29, 0.717) is 12.1 Å². The van der Waals surface area contributed by atoms with E-state index in [9.17, 15) is 13.2 Å². The number of aromatic nitrogens is 1. The maximum Gasteiger partial charge on any atom is 0.232 e. The predicted octanol–water partition coefficient (Wildman–Crippen LogP) is 5.31. The highest BCUT2D eigenvalue weighted by Crippen LogP contribution is 2.31. The van der Waals surface area contributed by atoms with Crippen LogP contribution in [0, 0.1) is 6.92 Å². The first kappa shape index (κ1) is 22.9. The van der Waals surface area contributed by atoms with Crippen LogP contribution in [0.25, 0.3) is 21.8 Å². The van der Waals surface area contributed by atoms with Crippen LogP contribution in [0.15, 0.2) is 66.7 Å². The fraction of sp³-hybridized carbons (Fsp3) is 0.269. The highest BCUT2D eigenvalue weighted by molar-refractivity contribution is 7.92. The van der Waals surface area contributed by atoms with Gasteiger partial charge in [0.15, 0.2) is 0 Å². The summed E-state index contributed by atoms with van der Waals surface area (Å²) in [6.07, 6.45) is 1.85. The molecule has 0 fully saturated rings. The Labute approximate surface area is 194 Å². The first-order valence-corrected chi connectivity index (χ1v) is 13.0. The molecule has 0 saturated heterocycles. The number of hydrogen-bond acceptors (Lipinski definition) is 3. The normalized spacial score (nSPS) is 11.7. The Hall–Kier alpha value is -3.32. The molecule has 1 aromatic heterocycles. The minimum Gasteiger partial charge on any atom is -0.341 e. The van der Waals surface area contributed by atoms with Gasteiger partial charge in [-0.3, -0.25) is 9.10 Å². The third-order valence-corrected chi connectivity index (χ3v) is 7.10. The molecule has 0 radical (unpaired) electrons. The van der Waals surface area contributed by atoms with Crippen molar-refractivity contribution in [2.75, 3.05) is 22.4 Å². The third-order valence-electron chi connectivity index (χ3n) is 5.92. The summed E-state index contributed by atoms with van der Waals surface area (Å²) in [4.78, 5) is 12.6. The van der Waals surface area contributed by atoms with Crippen molar-refractivity contribution in [2.24, 2.45) is 0 Å². The quantitative estimate of drug-likeness (QED) is 0.385. The van der Waals surface area contributed by atoms with Crippen molar-refractivity contribution >= 4 is 49.1 Å². The van der Waals surface area contributed by atoms with E-state index in [1.807, 2.05) is 55.5 Å². The zero-order valence-electron chi connectivity index (χ0n) is 19.2. The summed E-state index contributed by atoms with van der Waals surface area (Å²) >= 11 is 0. The van der Waals surface area contributed by atoms with Gasteiger partial charge in [0, 0.05) is 47.0 Å². The number of fused-ring (bicyclic) bond motifs is 3. The lowest BCUT2D eigenvalue weighted by molar-refractivity contribution is -0.116. The Morgan fingerprint density at radius 2 is 1.67 bits per heavy atom. The van der Waals surface area contributed by atoms with Crippen LogP contribution in [0.2, 0.25) is 0 Å².